The standard InChI is InChI=1S/C25H29N3O6S/c1-35-12-11-21(24(31)32)28-23(30)19-9-7-16(13-20(19)17-5-3-2-4-6-17)15-34-25(33)26-14-18-8-10-22(29)27-18/h2-7,9,13,18,21H,8,10-12,14-15H2,1H3,(H,26,33)(H,27,29)(H,28,30)(H,31,32)/t18?,21-/m0/s1. The summed E-state index contributed by atoms with van der Waals surface area (Å²) >= 11 is 1.51. The Balaban J connectivity index is 1.70. The van der Waals surface area contributed by atoms with Crippen molar-refractivity contribution in [2.75, 3.05) is 18.6 Å². The second kappa shape index (κ2) is 12.8. The van der Waals surface area contributed by atoms with Crippen molar-refractivity contribution >= 4 is 35.6 Å². The predicted octanol–water partition coefficient (Wildman–Crippen LogP) is 2.79. The van der Waals surface area contributed by atoms with Crippen LogP contribution in [0.5, 0.6) is 0 Å². The molecule has 1 heterocycles. The fraction of sp³-hybridized carbons (Fsp3) is 0.360. The minimum Gasteiger partial charge on any atom is -0.480 e. The highest BCUT2D eigenvalue weighted by Gasteiger charge is 2.23. The Morgan fingerprint density at radius 1 is 1.20 bits per heavy atom. The van der Waals surface area contributed by atoms with Gasteiger partial charge < -0.3 is 25.8 Å². The molecule has 4 N–H and O–H groups in total. The van der Waals surface area contributed by atoms with Crippen LogP contribution in [0.25, 0.3) is 11.1 Å². The van der Waals surface area contributed by atoms with E-state index in [1.54, 1.807) is 18.2 Å². The summed E-state index contributed by atoms with van der Waals surface area (Å²) in [6, 6.07) is 13.2. The number of hydrogen-bond acceptors (Lipinski definition) is 6. The van der Waals surface area contributed by atoms with E-state index in [-0.39, 0.29) is 18.6 Å². The lowest BCUT2D eigenvalue weighted by molar-refractivity contribution is -0.139. The monoisotopic (exact) mass is 499 g/mol. The highest BCUT2D eigenvalue weighted by Crippen LogP contribution is 2.26. The van der Waals surface area contributed by atoms with Crippen LogP contribution >= 0.6 is 11.8 Å². The summed E-state index contributed by atoms with van der Waals surface area (Å²) in [7, 11) is 0. The van der Waals surface area contributed by atoms with Crippen LogP contribution in [0.3, 0.4) is 0 Å². The molecule has 2 aromatic carbocycles. The summed E-state index contributed by atoms with van der Waals surface area (Å²) in [5, 5.41) is 17.5. The first-order valence-electron chi connectivity index (χ1n) is 11.3. The minimum absolute atomic E-state index is 0.0178. The molecule has 1 aliphatic heterocycles. The maximum atomic E-state index is 13.0. The van der Waals surface area contributed by atoms with Crippen LogP contribution in [0, 0.1) is 0 Å². The molecule has 35 heavy (non-hydrogen) atoms. The fourth-order valence-electron chi connectivity index (χ4n) is 3.70. The Morgan fingerprint density at radius 2 is 1.97 bits per heavy atom. The third-order valence-electron chi connectivity index (χ3n) is 5.58. The topological polar surface area (TPSA) is 134 Å². The molecular weight excluding hydrogens is 470 g/mol. The number of thioether (sulfide) groups is 1. The van der Waals surface area contributed by atoms with Gasteiger partial charge in [0.2, 0.25) is 5.91 Å². The van der Waals surface area contributed by atoms with Crippen molar-refractivity contribution in [3.8, 4) is 11.1 Å². The number of benzene rings is 2. The van der Waals surface area contributed by atoms with E-state index in [1.807, 2.05) is 36.6 Å². The number of nitrogens with one attached hydrogen (secondary N) is 3. The number of rotatable bonds is 11. The number of hydrogen-bond donors (Lipinski definition) is 4. The number of ether oxygens (including phenoxy) is 1. The molecule has 2 aromatic rings. The van der Waals surface area contributed by atoms with Crippen molar-refractivity contribution in [2.45, 2.75) is 38.0 Å². The maximum Gasteiger partial charge on any atom is 0.407 e. The van der Waals surface area contributed by atoms with Crippen molar-refractivity contribution in [1.82, 2.24) is 16.0 Å². The Kier molecular flexibility index (Phi) is 9.54. The molecule has 0 aliphatic carbocycles. The third-order valence-corrected chi connectivity index (χ3v) is 6.22. The van der Waals surface area contributed by atoms with Gasteiger partial charge in [0.1, 0.15) is 12.6 Å². The van der Waals surface area contributed by atoms with E-state index < -0.39 is 24.0 Å². The Bertz CT molecular complexity index is 1060. The SMILES string of the molecule is CSCC[C@H](NC(=O)c1ccc(COC(=O)NCC2CCC(=O)N2)cc1-c1ccccc1)C(=O)O. The van der Waals surface area contributed by atoms with Gasteiger partial charge in [-0.1, -0.05) is 36.4 Å². The lowest BCUT2D eigenvalue weighted by atomic mass is 9.96. The van der Waals surface area contributed by atoms with Crippen LogP contribution in [-0.4, -0.2) is 59.6 Å². The highest BCUT2D eigenvalue weighted by molar-refractivity contribution is 7.98. The molecule has 0 spiro atoms. The zero-order valence-corrected chi connectivity index (χ0v) is 20.2. The average Bonchev–Trinajstić information content (AvgIpc) is 3.29. The smallest absolute Gasteiger partial charge is 0.407 e. The van der Waals surface area contributed by atoms with Gasteiger partial charge >= 0.3 is 12.1 Å². The lowest BCUT2D eigenvalue weighted by Crippen LogP contribution is -2.41. The second-order valence-electron chi connectivity index (χ2n) is 8.15. The van der Waals surface area contributed by atoms with E-state index in [0.717, 1.165) is 5.56 Å². The molecule has 186 valence electrons. The van der Waals surface area contributed by atoms with E-state index in [9.17, 15) is 24.3 Å². The van der Waals surface area contributed by atoms with Crippen molar-refractivity contribution in [1.29, 1.82) is 0 Å². The molecule has 1 aliphatic rings. The molecule has 0 radical (unpaired) electrons. The predicted molar refractivity (Wildman–Crippen MR) is 133 cm³/mol. The van der Waals surface area contributed by atoms with Crippen LogP contribution in [0.2, 0.25) is 0 Å². The number of aliphatic carboxylic acids is 1. The number of amides is 3. The van der Waals surface area contributed by atoms with Crippen LogP contribution in [0.15, 0.2) is 48.5 Å². The summed E-state index contributed by atoms with van der Waals surface area (Å²) in [5.74, 6) is -0.987. The molecule has 1 fully saturated rings. The van der Waals surface area contributed by atoms with Crippen LogP contribution in [0.4, 0.5) is 4.79 Å². The average molecular weight is 500 g/mol. The Hall–Kier alpha value is -3.53. The van der Waals surface area contributed by atoms with E-state index in [2.05, 4.69) is 16.0 Å². The maximum absolute atomic E-state index is 13.0. The first kappa shape index (κ1) is 26.1. The molecule has 9 nitrogen and oxygen atoms in total. The second-order valence-corrected chi connectivity index (χ2v) is 9.14. The van der Waals surface area contributed by atoms with Crippen molar-refractivity contribution < 1.29 is 29.0 Å². The molecular formula is C25H29N3O6S. The number of carbonyl (C=O) groups excluding carboxylic acids is 3. The lowest BCUT2D eigenvalue weighted by Gasteiger charge is -2.17. The summed E-state index contributed by atoms with van der Waals surface area (Å²) in [6.45, 7) is 0.274. The van der Waals surface area contributed by atoms with Gasteiger partial charge in [0.15, 0.2) is 0 Å². The summed E-state index contributed by atoms with van der Waals surface area (Å²) < 4.78 is 5.30. The Morgan fingerprint density at radius 3 is 2.63 bits per heavy atom. The summed E-state index contributed by atoms with van der Waals surface area (Å²) in [5.41, 5.74) is 2.38. The van der Waals surface area contributed by atoms with Crippen LogP contribution in [0.1, 0.15) is 35.2 Å². The van der Waals surface area contributed by atoms with Crippen LogP contribution in [-0.2, 0) is 20.9 Å². The van der Waals surface area contributed by atoms with Crippen molar-refractivity contribution in [3.05, 3.63) is 59.7 Å². The van der Waals surface area contributed by atoms with Gasteiger partial charge in [-0.3, -0.25) is 9.59 Å². The first-order chi connectivity index (χ1) is 16.9. The van der Waals surface area contributed by atoms with Gasteiger partial charge in [0, 0.05) is 24.6 Å². The van der Waals surface area contributed by atoms with E-state index in [1.165, 1.54) is 11.8 Å². The molecule has 3 rings (SSSR count). The number of carbonyl (C=O) groups is 4. The van der Waals surface area contributed by atoms with Gasteiger partial charge in [-0.05, 0) is 53.7 Å². The zero-order valence-electron chi connectivity index (χ0n) is 19.4. The summed E-state index contributed by atoms with van der Waals surface area (Å²) in [6.07, 6.45) is 2.71. The van der Waals surface area contributed by atoms with E-state index in [0.29, 0.717) is 48.3 Å². The van der Waals surface area contributed by atoms with Crippen molar-refractivity contribution in [3.63, 3.8) is 0 Å². The zero-order chi connectivity index (χ0) is 25.2. The normalized spacial score (nSPS) is 15.7. The van der Waals surface area contributed by atoms with E-state index in [4.69, 9.17) is 4.74 Å². The third kappa shape index (κ3) is 7.74. The van der Waals surface area contributed by atoms with Gasteiger partial charge in [-0.15, -0.1) is 0 Å². The number of carboxylic acids is 1. The Labute approximate surface area is 208 Å². The fourth-order valence-corrected chi connectivity index (χ4v) is 4.17. The molecule has 0 bridgehead atoms. The van der Waals surface area contributed by atoms with Gasteiger partial charge in [-0.25, -0.2) is 9.59 Å². The first-order valence-corrected chi connectivity index (χ1v) is 12.7. The molecule has 2 atom stereocenters. The van der Waals surface area contributed by atoms with Crippen LogP contribution < -0.4 is 16.0 Å². The van der Waals surface area contributed by atoms with Gasteiger partial charge in [-0.2, -0.15) is 11.8 Å². The van der Waals surface area contributed by atoms with Gasteiger partial charge in [0.05, 0.1) is 0 Å². The minimum atomic E-state index is -1.08. The molecule has 3 amide bonds. The van der Waals surface area contributed by atoms with Gasteiger partial charge in [0.25, 0.3) is 5.91 Å². The number of carboxylic acid groups (broad SMARTS) is 1. The number of alkyl carbamates (subject to hydrolysis) is 1. The molecule has 1 unspecified atom stereocenters. The highest BCUT2D eigenvalue weighted by atomic mass is 32.2. The van der Waals surface area contributed by atoms with Crippen molar-refractivity contribution in [2.24, 2.45) is 0 Å². The molecule has 0 aromatic heterocycles. The largest absolute Gasteiger partial charge is 0.480 e. The molecule has 10 heteroatoms. The quantitative estimate of drug-likeness (QED) is 0.374. The molecule has 0 saturated carbocycles. The summed E-state index contributed by atoms with van der Waals surface area (Å²) in [4.78, 5) is 48.0. The molecule has 1 saturated heterocycles. The van der Waals surface area contributed by atoms with E-state index >= 15 is 0 Å².